The lowest BCUT2D eigenvalue weighted by Gasteiger charge is -2.10. The van der Waals surface area contributed by atoms with Crippen LogP contribution in [0.3, 0.4) is 0 Å². The molecule has 1 amide bonds. The first-order valence-electron chi connectivity index (χ1n) is 6.09. The van der Waals surface area contributed by atoms with Crippen LogP contribution in [0.15, 0.2) is 24.3 Å². The fourth-order valence-electron chi connectivity index (χ4n) is 2.06. The number of nitrogens with one attached hydrogen (secondary N) is 1. The molecule has 96 valence electrons. The predicted molar refractivity (Wildman–Crippen MR) is 68.6 cm³/mol. The summed E-state index contributed by atoms with van der Waals surface area (Å²) in [6.07, 6.45) is 0.891. The van der Waals surface area contributed by atoms with Crippen molar-refractivity contribution in [3.05, 3.63) is 29.8 Å². The van der Waals surface area contributed by atoms with Gasteiger partial charge in [0.2, 0.25) is 5.91 Å². The summed E-state index contributed by atoms with van der Waals surface area (Å²) in [4.78, 5) is 23.2. The normalized spacial score (nSPS) is 22.8. The smallest absolute Gasteiger partial charge is 0.229 e. The van der Waals surface area contributed by atoms with E-state index in [1.54, 1.807) is 24.3 Å². The first-order valence-corrected chi connectivity index (χ1v) is 6.09. The highest BCUT2D eigenvalue weighted by atomic mass is 16.5. The third kappa shape index (κ3) is 2.96. The summed E-state index contributed by atoms with van der Waals surface area (Å²) in [5, 5.41) is 2.83. The molecule has 1 heterocycles. The topological polar surface area (TPSA) is 55.4 Å². The Hall–Kier alpha value is -1.68. The number of Topliss-reactive ketones (excluding diaryl/α,β-unsaturated/α-hetero) is 1. The van der Waals surface area contributed by atoms with E-state index in [0.717, 1.165) is 6.42 Å². The van der Waals surface area contributed by atoms with Gasteiger partial charge in [0.05, 0.1) is 18.6 Å². The van der Waals surface area contributed by atoms with Gasteiger partial charge in [-0.2, -0.15) is 0 Å². The van der Waals surface area contributed by atoms with Crippen molar-refractivity contribution < 1.29 is 14.3 Å². The van der Waals surface area contributed by atoms with Gasteiger partial charge in [0.25, 0.3) is 0 Å². The Labute approximate surface area is 106 Å². The number of ketones is 1. The molecule has 1 aliphatic rings. The second-order valence-corrected chi connectivity index (χ2v) is 4.70. The summed E-state index contributed by atoms with van der Waals surface area (Å²) in [5.41, 5.74) is 1.26. The monoisotopic (exact) mass is 247 g/mol. The number of hydrogen-bond donors (Lipinski definition) is 1. The molecule has 18 heavy (non-hydrogen) atoms. The minimum Gasteiger partial charge on any atom is -0.378 e. The van der Waals surface area contributed by atoms with Crippen LogP contribution in [-0.4, -0.2) is 24.4 Å². The lowest BCUT2D eigenvalue weighted by atomic mass is 10.1. The van der Waals surface area contributed by atoms with Gasteiger partial charge < -0.3 is 10.1 Å². The highest BCUT2D eigenvalue weighted by Crippen LogP contribution is 2.21. The van der Waals surface area contributed by atoms with E-state index in [2.05, 4.69) is 5.32 Å². The van der Waals surface area contributed by atoms with Gasteiger partial charge >= 0.3 is 0 Å². The van der Waals surface area contributed by atoms with E-state index in [1.165, 1.54) is 6.92 Å². The molecule has 0 aliphatic carbocycles. The van der Waals surface area contributed by atoms with E-state index >= 15 is 0 Å². The quantitative estimate of drug-likeness (QED) is 0.833. The van der Waals surface area contributed by atoms with Gasteiger partial charge in [-0.3, -0.25) is 9.59 Å². The van der Waals surface area contributed by atoms with Crippen molar-refractivity contribution in [2.75, 3.05) is 11.9 Å². The Morgan fingerprint density at radius 3 is 2.78 bits per heavy atom. The standard InChI is InChI=1S/C14H17NO3/c1-9-6-12(8-18-9)14(17)15-13-5-3-4-11(7-13)10(2)16/h3-5,7,9,12H,6,8H2,1-2H3,(H,15,17). The second-order valence-electron chi connectivity index (χ2n) is 4.70. The largest absolute Gasteiger partial charge is 0.378 e. The number of hydrogen-bond acceptors (Lipinski definition) is 3. The van der Waals surface area contributed by atoms with Gasteiger partial charge in [0.1, 0.15) is 0 Å². The van der Waals surface area contributed by atoms with Crippen molar-refractivity contribution >= 4 is 17.4 Å². The van der Waals surface area contributed by atoms with Crippen LogP contribution in [0.4, 0.5) is 5.69 Å². The second kappa shape index (κ2) is 5.31. The molecular formula is C14H17NO3. The number of rotatable bonds is 3. The SMILES string of the molecule is CC(=O)c1cccc(NC(=O)C2COC(C)C2)c1. The molecule has 1 aromatic carbocycles. The van der Waals surface area contributed by atoms with Gasteiger partial charge in [-0.05, 0) is 32.4 Å². The van der Waals surface area contributed by atoms with Crippen LogP contribution >= 0.6 is 0 Å². The molecule has 2 rings (SSSR count). The molecule has 0 spiro atoms. The molecule has 0 radical (unpaired) electrons. The summed E-state index contributed by atoms with van der Waals surface area (Å²) in [5.74, 6) is -0.148. The fourth-order valence-corrected chi connectivity index (χ4v) is 2.06. The molecule has 4 nitrogen and oxygen atoms in total. The van der Waals surface area contributed by atoms with Gasteiger partial charge in [-0.15, -0.1) is 0 Å². The van der Waals surface area contributed by atoms with E-state index in [9.17, 15) is 9.59 Å². The molecule has 2 atom stereocenters. The highest BCUT2D eigenvalue weighted by molar-refractivity contribution is 5.97. The van der Waals surface area contributed by atoms with Crippen LogP contribution in [0.25, 0.3) is 0 Å². The average molecular weight is 247 g/mol. The van der Waals surface area contributed by atoms with E-state index in [4.69, 9.17) is 4.74 Å². The predicted octanol–water partition coefficient (Wildman–Crippen LogP) is 2.25. The number of benzene rings is 1. The Morgan fingerprint density at radius 1 is 1.39 bits per heavy atom. The average Bonchev–Trinajstić information content (AvgIpc) is 2.76. The zero-order valence-corrected chi connectivity index (χ0v) is 10.6. The van der Waals surface area contributed by atoms with Crippen LogP contribution in [0.2, 0.25) is 0 Å². The van der Waals surface area contributed by atoms with Gasteiger partial charge in [0.15, 0.2) is 5.78 Å². The fraction of sp³-hybridized carbons (Fsp3) is 0.429. The summed E-state index contributed by atoms with van der Waals surface area (Å²) >= 11 is 0. The third-order valence-corrected chi connectivity index (χ3v) is 3.11. The Kier molecular flexibility index (Phi) is 3.77. The summed E-state index contributed by atoms with van der Waals surface area (Å²) in [7, 11) is 0. The van der Waals surface area contributed by atoms with Gasteiger partial charge in [-0.1, -0.05) is 12.1 Å². The summed E-state index contributed by atoms with van der Waals surface area (Å²) in [6.45, 7) is 3.94. The molecule has 0 bridgehead atoms. The van der Waals surface area contributed by atoms with Gasteiger partial charge in [-0.25, -0.2) is 0 Å². The zero-order chi connectivity index (χ0) is 13.1. The van der Waals surface area contributed by atoms with Crippen LogP contribution < -0.4 is 5.32 Å². The molecule has 0 saturated carbocycles. The molecule has 1 aliphatic heterocycles. The molecule has 0 aromatic heterocycles. The van der Waals surface area contributed by atoms with E-state index in [0.29, 0.717) is 17.9 Å². The maximum Gasteiger partial charge on any atom is 0.229 e. The van der Waals surface area contributed by atoms with Crippen LogP contribution in [0, 0.1) is 5.92 Å². The Balaban J connectivity index is 2.03. The summed E-state index contributed by atoms with van der Waals surface area (Å²) in [6, 6.07) is 6.97. The van der Waals surface area contributed by atoms with Crippen molar-refractivity contribution in [2.24, 2.45) is 5.92 Å². The maximum atomic E-state index is 12.0. The lowest BCUT2D eigenvalue weighted by Crippen LogP contribution is -2.23. The van der Waals surface area contributed by atoms with Crippen molar-refractivity contribution in [3.63, 3.8) is 0 Å². The molecule has 4 heteroatoms. The first kappa shape index (κ1) is 12.8. The van der Waals surface area contributed by atoms with Crippen LogP contribution in [0.5, 0.6) is 0 Å². The zero-order valence-electron chi connectivity index (χ0n) is 10.6. The Bertz CT molecular complexity index is 470. The number of amides is 1. The molecular weight excluding hydrogens is 230 g/mol. The number of anilines is 1. The van der Waals surface area contributed by atoms with Crippen molar-refractivity contribution in [1.82, 2.24) is 0 Å². The van der Waals surface area contributed by atoms with Crippen LogP contribution in [-0.2, 0) is 9.53 Å². The third-order valence-electron chi connectivity index (χ3n) is 3.11. The van der Waals surface area contributed by atoms with E-state index in [-0.39, 0.29) is 23.7 Å². The molecule has 2 unspecified atom stereocenters. The molecule has 1 saturated heterocycles. The van der Waals surface area contributed by atoms with E-state index < -0.39 is 0 Å². The maximum absolute atomic E-state index is 12.0. The minimum absolute atomic E-state index is 0.0103. The van der Waals surface area contributed by atoms with E-state index in [1.807, 2.05) is 6.92 Å². The van der Waals surface area contributed by atoms with Gasteiger partial charge in [0, 0.05) is 11.3 Å². The molecule has 1 aromatic rings. The highest BCUT2D eigenvalue weighted by Gasteiger charge is 2.28. The molecule has 1 fully saturated rings. The number of ether oxygens (including phenoxy) is 1. The van der Waals surface area contributed by atoms with Crippen molar-refractivity contribution in [2.45, 2.75) is 26.4 Å². The summed E-state index contributed by atoms with van der Waals surface area (Å²) < 4.78 is 5.37. The first-order chi connectivity index (χ1) is 8.56. The molecule has 1 N–H and O–H groups in total. The van der Waals surface area contributed by atoms with Crippen molar-refractivity contribution in [1.29, 1.82) is 0 Å². The number of carbonyl (C=O) groups is 2. The number of carbonyl (C=O) groups excluding carboxylic acids is 2. The lowest BCUT2D eigenvalue weighted by molar-refractivity contribution is -0.119. The minimum atomic E-state index is -0.0963. The van der Waals surface area contributed by atoms with Crippen molar-refractivity contribution in [3.8, 4) is 0 Å². The Morgan fingerprint density at radius 2 is 2.17 bits per heavy atom. The van der Waals surface area contributed by atoms with Crippen LogP contribution in [0.1, 0.15) is 30.6 Å².